The fourth-order valence-corrected chi connectivity index (χ4v) is 1.68. The number of nitrogens with one attached hydrogen (secondary N) is 1. The summed E-state index contributed by atoms with van der Waals surface area (Å²) in [6.45, 7) is 2.74. The van der Waals surface area contributed by atoms with Crippen molar-refractivity contribution in [2.45, 2.75) is 13.5 Å². The highest BCUT2D eigenvalue weighted by atomic mass is 32.1. The van der Waals surface area contributed by atoms with Crippen LogP contribution >= 0.6 is 12.6 Å². The minimum atomic E-state index is 0.647. The molecule has 15 heavy (non-hydrogen) atoms. The molecular formula is C11H17NO2S. The molecule has 0 aliphatic rings. The molecule has 0 fully saturated rings. The van der Waals surface area contributed by atoms with E-state index in [1.165, 1.54) is 0 Å². The Labute approximate surface area is 96.2 Å². The minimum Gasteiger partial charge on any atom is -0.496 e. The van der Waals surface area contributed by atoms with Crippen molar-refractivity contribution in [2.24, 2.45) is 0 Å². The molecule has 0 aromatic heterocycles. The van der Waals surface area contributed by atoms with E-state index in [0.29, 0.717) is 5.88 Å². The van der Waals surface area contributed by atoms with Crippen molar-refractivity contribution in [3.63, 3.8) is 0 Å². The van der Waals surface area contributed by atoms with Gasteiger partial charge in [0.05, 0.1) is 14.2 Å². The molecule has 0 aliphatic heterocycles. The summed E-state index contributed by atoms with van der Waals surface area (Å²) in [6.07, 6.45) is 0. The van der Waals surface area contributed by atoms with Crippen molar-refractivity contribution in [3.05, 3.63) is 23.3 Å². The Kier molecular flexibility index (Phi) is 4.78. The molecule has 1 N–H and O–H groups in total. The lowest BCUT2D eigenvalue weighted by Gasteiger charge is -2.14. The van der Waals surface area contributed by atoms with Gasteiger partial charge in [-0.15, -0.1) is 0 Å². The highest BCUT2D eigenvalue weighted by Gasteiger charge is 2.10. The van der Waals surface area contributed by atoms with Crippen LogP contribution in [0.15, 0.2) is 12.1 Å². The van der Waals surface area contributed by atoms with Crippen LogP contribution in [0.25, 0.3) is 0 Å². The maximum absolute atomic E-state index is 5.37. The number of rotatable bonds is 5. The summed E-state index contributed by atoms with van der Waals surface area (Å²) < 4.78 is 10.6. The molecule has 0 saturated heterocycles. The average molecular weight is 227 g/mol. The zero-order valence-electron chi connectivity index (χ0n) is 9.33. The molecule has 84 valence electrons. The maximum Gasteiger partial charge on any atom is 0.129 e. The molecule has 0 bridgehead atoms. The second-order valence-corrected chi connectivity index (χ2v) is 3.49. The van der Waals surface area contributed by atoms with E-state index < -0.39 is 0 Å². The van der Waals surface area contributed by atoms with Crippen LogP contribution in [0, 0.1) is 6.92 Å². The third-order valence-electron chi connectivity index (χ3n) is 2.29. The van der Waals surface area contributed by atoms with Crippen molar-refractivity contribution < 1.29 is 9.47 Å². The predicted octanol–water partition coefficient (Wildman–Crippen LogP) is 1.99. The molecule has 0 radical (unpaired) electrons. The third-order valence-corrected chi connectivity index (χ3v) is 2.51. The molecule has 0 amide bonds. The third kappa shape index (κ3) is 2.79. The monoisotopic (exact) mass is 227 g/mol. The Hall–Kier alpha value is -0.870. The molecular weight excluding hydrogens is 210 g/mol. The Morgan fingerprint density at radius 2 is 2.00 bits per heavy atom. The largest absolute Gasteiger partial charge is 0.496 e. The maximum atomic E-state index is 5.37. The van der Waals surface area contributed by atoms with Crippen LogP contribution in [0.4, 0.5) is 0 Å². The topological polar surface area (TPSA) is 30.5 Å². The van der Waals surface area contributed by atoms with Crippen LogP contribution in [-0.2, 0) is 6.54 Å². The van der Waals surface area contributed by atoms with E-state index in [-0.39, 0.29) is 0 Å². The molecule has 0 spiro atoms. The Balaban J connectivity index is 3.01. The molecule has 0 aliphatic carbocycles. The number of hydrogen-bond acceptors (Lipinski definition) is 4. The zero-order chi connectivity index (χ0) is 11.3. The van der Waals surface area contributed by atoms with Crippen molar-refractivity contribution in [1.82, 2.24) is 5.32 Å². The van der Waals surface area contributed by atoms with Gasteiger partial charge in [-0.1, -0.05) is 6.07 Å². The highest BCUT2D eigenvalue weighted by Crippen LogP contribution is 2.31. The van der Waals surface area contributed by atoms with E-state index in [1.54, 1.807) is 14.2 Å². The van der Waals surface area contributed by atoms with Crippen molar-refractivity contribution >= 4 is 12.6 Å². The van der Waals surface area contributed by atoms with Crippen LogP contribution in [-0.4, -0.2) is 20.1 Å². The van der Waals surface area contributed by atoms with Gasteiger partial charge in [-0.25, -0.2) is 0 Å². The van der Waals surface area contributed by atoms with Crippen LogP contribution in [0.1, 0.15) is 11.1 Å². The highest BCUT2D eigenvalue weighted by molar-refractivity contribution is 7.80. The summed E-state index contributed by atoms with van der Waals surface area (Å²) in [5.41, 5.74) is 2.14. The lowest BCUT2D eigenvalue weighted by molar-refractivity contribution is 0.384. The molecule has 3 nitrogen and oxygen atoms in total. The molecule has 0 heterocycles. The van der Waals surface area contributed by atoms with E-state index in [2.05, 4.69) is 17.9 Å². The second kappa shape index (κ2) is 5.88. The number of thiol groups is 1. The summed E-state index contributed by atoms with van der Waals surface area (Å²) in [5, 5.41) is 3.15. The van der Waals surface area contributed by atoms with Gasteiger partial charge in [0.2, 0.25) is 0 Å². The van der Waals surface area contributed by atoms with Gasteiger partial charge in [-0.2, -0.15) is 12.6 Å². The average Bonchev–Trinajstić information content (AvgIpc) is 2.26. The van der Waals surface area contributed by atoms with Gasteiger partial charge in [0.15, 0.2) is 0 Å². The lowest BCUT2D eigenvalue weighted by atomic mass is 10.1. The van der Waals surface area contributed by atoms with Crippen LogP contribution in [0.2, 0.25) is 0 Å². The quantitative estimate of drug-likeness (QED) is 0.595. The first-order valence-corrected chi connectivity index (χ1v) is 5.39. The van der Waals surface area contributed by atoms with E-state index >= 15 is 0 Å². The Bertz CT molecular complexity index is 329. The molecule has 1 rings (SSSR count). The molecule has 4 heteroatoms. The van der Waals surface area contributed by atoms with Gasteiger partial charge >= 0.3 is 0 Å². The molecule has 1 aromatic carbocycles. The summed E-state index contributed by atoms with van der Waals surface area (Å²) in [4.78, 5) is 0. The minimum absolute atomic E-state index is 0.647. The van der Waals surface area contributed by atoms with Crippen molar-refractivity contribution in [2.75, 3.05) is 20.1 Å². The summed E-state index contributed by atoms with van der Waals surface area (Å²) >= 11 is 4.10. The Morgan fingerprint density at radius 3 is 2.53 bits per heavy atom. The first kappa shape index (κ1) is 12.2. The first-order chi connectivity index (χ1) is 7.24. The van der Waals surface area contributed by atoms with Crippen LogP contribution < -0.4 is 14.8 Å². The molecule has 0 atom stereocenters. The van der Waals surface area contributed by atoms with E-state index in [0.717, 1.165) is 29.2 Å². The summed E-state index contributed by atoms with van der Waals surface area (Å²) in [6, 6.07) is 3.95. The van der Waals surface area contributed by atoms with Crippen molar-refractivity contribution in [1.29, 1.82) is 0 Å². The van der Waals surface area contributed by atoms with E-state index in [9.17, 15) is 0 Å². The van der Waals surface area contributed by atoms with Gasteiger partial charge in [0.1, 0.15) is 11.5 Å². The fourth-order valence-electron chi connectivity index (χ4n) is 1.56. The molecule has 0 unspecified atom stereocenters. The van der Waals surface area contributed by atoms with Gasteiger partial charge in [-0.3, -0.25) is 0 Å². The van der Waals surface area contributed by atoms with Gasteiger partial charge < -0.3 is 14.8 Å². The lowest BCUT2D eigenvalue weighted by Crippen LogP contribution is -2.11. The van der Waals surface area contributed by atoms with E-state index in [4.69, 9.17) is 9.47 Å². The second-order valence-electron chi connectivity index (χ2n) is 3.17. The number of methoxy groups -OCH3 is 2. The summed E-state index contributed by atoms with van der Waals surface area (Å²) in [5.74, 6) is 2.37. The van der Waals surface area contributed by atoms with Crippen LogP contribution in [0.5, 0.6) is 11.5 Å². The zero-order valence-corrected chi connectivity index (χ0v) is 10.2. The van der Waals surface area contributed by atoms with Gasteiger partial charge in [0.25, 0.3) is 0 Å². The van der Waals surface area contributed by atoms with E-state index in [1.807, 2.05) is 19.1 Å². The first-order valence-electron chi connectivity index (χ1n) is 4.76. The number of ether oxygens (including phenoxy) is 2. The number of hydrogen-bond donors (Lipinski definition) is 2. The normalized spacial score (nSPS) is 10.1. The molecule has 0 saturated carbocycles. The molecule has 1 aromatic rings. The predicted molar refractivity (Wildman–Crippen MR) is 65.0 cm³/mol. The van der Waals surface area contributed by atoms with Crippen molar-refractivity contribution in [3.8, 4) is 11.5 Å². The smallest absolute Gasteiger partial charge is 0.129 e. The van der Waals surface area contributed by atoms with Gasteiger partial charge in [0, 0.05) is 23.5 Å². The van der Waals surface area contributed by atoms with Crippen LogP contribution in [0.3, 0.4) is 0 Å². The summed E-state index contributed by atoms with van der Waals surface area (Å²) in [7, 11) is 3.33. The Morgan fingerprint density at radius 1 is 1.27 bits per heavy atom. The fraction of sp³-hybridized carbons (Fsp3) is 0.455. The van der Waals surface area contributed by atoms with Gasteiger partial charge in [-0.05, 0) is 13.0 Å². The SMILES string of the molecule is COc1ccc(CNCS)c(OC)c1C. The standard InChI is InChI=1S/C11H17NO2S/c1-8-10(13-2)5-4-9(6-12-7-15)11(8)14-3/h4-5,12,15H,6-7H2,1-3H3. The number of benzene rings is 1.